The van der Waals surface area contributed by atoms with Crippen molar-refractivity contribution in [1.82, 2.24) is 0 Å². The van der Waals surface area contributed by atoms with Gasteiger partial charge in [-0.05, 0) is 50.4 Å². The van der Waals surface area contributed by atoms with Crippen molar-refractivity contribution in [3.05, 3.63) is 12.2 Å². The van der Waals surface area contributed by atoms with Crippen LogP contribution in [0.5, 0.6) is 0 Å². The quantitative estimate of drug-likeness (QED) is 0.481. The van der Waals surface area contributed by atoms with E-state index < -0.39 is 18.4 Å². The van der Waals surface area contributed by atoms with E-state index in [4.69, 9.17) is 9.84 Å². The van der Waals surface area contributed by atoms with Gasteiger partial charge in [-0.2, -0.15) is 0 Å². The summed E-state index contributed by atoms with van der Waals surface area (Å²) >= 11 is 0. The van der Waals surface area contributed by atoms with Crippen LogP contribution in [0.25, 0.3) is 0 Å². The molecule has 0 aromatic heterocycles. The van der Waals surface area contributed by atoms with Crippen molar-refractivity contribution in [2.45, 2.75) is 50.5 Å². The largest absolute Gasteiger partial charge is 0.481 e. The summed E-state index contributed by atoms with van der Waals surface area (Å²) in [5.41, 5.74) is -0.378. The molecule has 2 fully saturated rings. The summed E-state index contributed by atoms with van der Waals surface area (Å²) in [7, 11) is 0. The number of carboxylic acid groups (broad SMARTS) is 1. The van der Waals surface area contributed by atoms with E-state index in [9.17, 15) is 9.59 Å². The molecule has 0 radical (unpaired) electrons. The van der Waals surface area contributed by atoms with E-state index in [1.165, 1.54) is 6.42 Å². The standard InChI is InChI=1S/C15H20O4/c16-13(17)9-14(18)19-15(5-1-2-6-15)12-8-10-3-4-11(12)7-10/h3-4,10-12H,1-2,5-9H2,(H,16,17). The first-order valence-electron chi connectivity index (χ1n) is 7.21. The molecular formula is C15H20O4. The van der Waals surface area contributed by atoms with Gasteiger partial charge in [-0.15, -0.1) is 0 Å². The summed E-state index contributed by atoms with van der Waals surface area (Å²) in [6.45, 7) is 0. The fourth-order valence-electron chi connectivity index (χ4n) is 4.29. The molecule has 104 valence electrons. The van der Waals surface area contributed by atoms with Crippen LogP contribution >= 0.6 is 0 Å². The molecule has 0 amide bonds. The van der Waals surface area contributed by atoms with Gasteiger partial charge < -0.3 is 9.84 Å². The molecule has 3 aliphatic rings. The summed E-state index contributed by atoms with van der Waals surface area (Å²) in [6, 6.07) is 0. The zero-order chi connectivity index (χ0) is 13.5. The van der Waals surface area contributed by atoms with E-state index in [1.807, 2.05) is 0 Å². The third-order valence-electron chi connectivity index (χ3n) is 5.02. The van der Waals surface area contributed by atoms with Crippen LogP contribution in [0.4, 0.5) is 0 Å². The molecule has 1 N–H and O–H groups in total. The van der Waals surface area contributed by atoms with Gasteiger partial charge in [0.25, 0.3) is 0 Å². The highest BCUT2D eigenvalue weighted by Crippen LogP contribution is 2.54. The molecule has 0 saturated heterocycles. The van der Waals surface area contributed by atoms with Crippen molar-refractivity contribution < 1.29 is 19.4 Å². The fraction of sp³-hybridized carbons (Fsp3) is 0.733. The van der Waals surface area contributed by atoms with Crippen LogP contribution < -0.4 is 0 Å². The Kier molecular flexibility index (Phi) is 3.11. The van der Waals surface area contributed by atoms with Gasteiger partial charge >= 0.3 is 11.9 Å². The maximum atomic E-state index is 11.8. The third kappa shape index (κ3) is 2.28. The maximum Gasteiger partial charge on any atom is 0.317 e. The molecule has 3 aliphatic carbocycles. The molecule has 4 heteroatoms. The molecule has 3 unspecified atom stereocenters. The molecule has 2 saturated carbocycles. The van der Waals surface area contributed by atoms with E-state index in [1.54, 1.807) is 0 Å². The Hall–Kier alpha value is -1.32. The van der Waals surface area contributed by atoms with Crippen molar-refractivity contribution in [3.63, 3.8) is 0 Å². The van der Waals surface area contributed by atoms with Crippen LogP contribution in [0.15, 0.2) is 12.2 Å². The Balaban J connectivity index is 1.74. The summed E-state index contributed by atoms with van der Waals surface area (Å²) in [5, 5.41) is 8.70. The number of fused-ring (bicyclic) bond motifs is 2. The van der Waals surface area contributed by atoms with Crippen LogP contribution in [0.2, 0.25) is 0 Å². The number of esters is 1. The molecule has 3 atom stereocenters. The average Bonchev–Trinajstić information content (AvgIpc) is 3.02. The predicted octanol–water partition coefficient (Wildman–Crippen LogP) is 2.53. The molecule has 0 aromatic rings. The number of hydrogen-bond donors (Lipinski definition) is 1. The summed E-state index contributed by atoms with van der Waals surface area (Å²) in [5.74, 6) is -0.0961. The fourth-order valence-corrected chi connectivity index (χ4v) is 4.29. The van der Waals surface area contributed by atoms with Crippen LogP contribution in [0, 0.1) is 17.8 Å². The molecule has 0 aromatic carbocycles. The Labute approximate surface area is 112 Å². The summed E-state index contributed by atoms with van der Waals surface area (Å²) in [6.07, 6.45) is 10.3. The summed E-state index contributed by atoms with van der Waals surface area (Å²) in [4.78, 5) is 22.4. The van der Waals surface area contributed by atoms with E-state index >= 15 is 0 Å². The Morgan fingerprint density at radius 2 is 1.95 bits per heavy atom. The molecule has 4 nitrogen and oxygen atoms in total. The monoisotopic (exact) mass is 264 g/mol. The van der Waals surface area contributed by atoms with Crippen LogP contribution in [-0.4, -0.2) is 22.6 Å². The highest BCUT2D eigenvalue weighted by molar-refractivity contribution is 5.90. The van der Waals surface area contributed by atoms with E-state index in [-0.39, 0.29) is 5.60 Å². The number of allylic oxidation sites excluding steroid dienone is 2. The van der Waals surface area contributed by atoms with Crippen molar-refractivity contribution in [1.29, 1.82) is 0 Å². The molecule has 3 rings (SSSR count). The van der Waals surface area contributed by atoms with Gasteiger partial charge in [0.15, 0.2) is 0 Å². The third-order valence-corrected chi connectivity index (χ3v) is 5.02. The molecule has 19 heavy (non-hydrogen) atoms. The van der Waals surface area contributed by atoms with Crippen LogP contribution in [0.1, 0.15) is 44.9 Å². The van der Waals surface area contributed by atoms with Crippen molar-refractivity contribution in [2.24, 2.45) is 17.8 Å². The van der Waals surface area contributed by atoms with Gasteiger partial charge in [-0.25, -0.2) is 0 Å². The Morgan fingerprint density at radius 3 is 2.47 bits per heavy atom. The lowest BCUT2D eigenvalue weighted by molar-refractivity contribution is -0.170. The van der Waals surface area contributed by atoms with Crippen molar-refractivity contribution >= 4 is 11.9 Å². The smallest absolute Gasteiger partial charge is 0.317 e. The molecule has 0 heterocycles. The second-order valence-electron chi connectivity index (χ2n) is 6.20. The van der Waals surface area contributed by atoms with Gasteiger partial charge in [0.2, 0.25) is 0 Å². The highest BCUT2D eigenvalue weighted by Gasteiger charge is 2.52. The molecule has 0 aliphatic heterocycles. The van der Waals surface area contributed by atoms with Gasteiger partial charge in [-0.1, -0.05) is 12.2 Å². The number of carbonyl (C=O) groups is 2. The number of rotatable bonds is 4. The number of carboxylic acids is 1. The average molecular weight is 264 g/mol. The number of ether oxygens (including phenoxy) is 1. The zero-order valence-electron chi connectivity index (χ0n) is 11.0. The van der Waals surface area contributed by atoms with E-state index in [0.29, 0.717) is 17.8 Å². The minimum atomic E-state index is -1.11. The maximum absolute atomic E-state index is 11.8. The van der Waals surface area contributed by atoms with Gasteiger partial charge in [0, 0.05) is 5.92 Å². The molecule has 2 bridgehead atoms. The number of aliphatic carboxylic acids is 1. The lowest BCUT2D eigenvalue weighted by Crippen LogP contribution is -2.42. The summed E-state index contributed by atoms with van der Waals surface area (Å²) < 4.78 is 5.69. The van der Waals surface area contributed by atoms with Gasteiger partial charge in [0.1, 0.15) is 12.0 Å². The Bertz CT molecular complexity index is 420. The molecule has 0 spiro atoms. The van der Waals surface area contributed by atoms with Crippen LogP contribution in [0.3, 0.4) is 0 Å². The topological polar surface area (TPSA) is 63.6 Å². The second-order valence-corrected chi connectivity index (χ2v) is 6.20. The van der Waals surface area contributed by atoms with Crippen molar-refractivity contribution in [2.75, 3.05) is 0 Å². The second kappa shape index (κ2) is 4.66. The first-order valence-corrected chi connectivity index (χ1v) is 7.21. The number of hydrogen-bond acceptors (Lipinski definition) is 3. The van der Waals surface area contributed by atoms with Crippen molar-refractivity contribution in [3.8, 4) is 0 Å². The molecular weight excluding hydrogens is 244 g/mol. The van der Waals surface area contributed by atoms with E-state index in [2.05, 4.69) is 12.2 Å². The van der Waals surface area contributed by atoms with Crippen LogP contribution in [-0.2, 0) is 14.3 Å². The first kappa shape index (κ1) is 12.7. The lowest BCUT2D eigenvalue weighted by atomic mass is 9.77. The predicted molar refractivity (Wildman–Crippen MR) is 68.4 cm³/mol. The zero-order valence-corrected chi connectivity index (χ0v) is 11.0. The van der Waals surface area contributed by atoms with Gasteiger partial charge in [0.05, 0.1) is 0 Å². The SMILES string of the molecule is O=C(O)CC(=O)OC1(C2CC3C=CC2C3)CCCC1. The lowest BCUT2D eigenvalue weighted by Gasteiger charge is -2.38. The minimum absolute atomic E-state index is 0.378. The number of carbonyl (C=O) groups excluding carboxylic acids is 1. The highest BCUT2D eigenvalue weighted by atomic mass is 16.6. The van der Waals surface area contributed by atoms with Gasteiger partial charge in [-0.3, -0.25) is 9.59 Å². The normalized spacial score (nSPS) is 34.6. The Morgan fingerprint density at radius 1 is 1.21 bits per heavy atom. The first-order chi connectivity index (χ1) is 9.09. The minimum Gasteiger partial charge on any atom is -0.481 e. The van der Waals surface area contributed by atoms with E-state index in [0.717, 1.165) is 32.1 Å².